The van der Waals surface area contributed by atoms with E-state index in [1.165, 1.54) is 24.8 Å². The Morgan fingerprint density at radius 3 is 3.10 bits per heavy atom. The molecule has 1 saturated carbocycles. The number of benzene rings is 1. The molecule has 104 valence electrons. The van der Waals surface area contributed by atoms with Crippen molar-refractivity contribution in [3.63, 3.8) is 0 Å². The summed E-state index contributed by atoms with van der Waals surface area (Å²) in [7, 11) is 0. The van der Waals surface area contributed by atoms with Gasteiger partial charge in [0.2, 0.25) is 5.69 Å². The number of rotatable bonds is 4. The molecule has 3 heteroatoms. The van der Waals surface area contributed by atoms with Crippen molar-refractivity contribution >= 4 is 16.6 Å². The second kappa shape index (κ2) is 5.68. The average molecular weight is 267 g/mol. The van der Waals surface area contributed by atoms with Crippen LogP contribution in [-0.2, 0) is 0 Å². The van der Waals surface area contributed by atoms with Gasteiger partial charge in [0.25, 0.3) is 0 Å². The summed E-state index contributed by atoms with van der Waals surface area (Å²) in [6.45, 7) is 11.6. The van der Waals surface area contributed by atoms with Gasteiger partial charge >= 0.3 is 0 Å². The minimum absolute atomic E-state index is 0.645. The van der Waals surface area contributed by atoms with Gasteiger partial charge < -0.3 is 10.3 Å². The van der Waals surface area contributed by atoms with Gasteiger partial charge in [0.1, 0.15) is 0 Å². The Morgan fingerprint density at radius 1 is 1.40 bits per heavy atom. The van der Waals surface area contributed by atoms with Crippen LogP contribution < -0.4 is 5.32 Å². The number of nitrogens with one attached hydrogen (secondary N) is 2. The van der Waals surface area contributed by atoms with Gasteiger partial charge in [-0.3, -0.25) is 0 Å². The van der Waals surface area contributed by atoms with Crippen LogP contribution in [0.5, 0.6) is 0 Å². The number of nitrogens with zero attached hydrogens (tertiary/aromatic N) is 1. The molecule has 2 unspecified atom stereocenters. The molecule has 2 aromatic rings. The molecule has 1 aliphatic carbocycles. The molecule has 3 rings (SSSR count). The summed E-state index contributed by atoms with van der Waals surface area (Å²) < 4.78 is 0. The van der Waals surface area contributed by atoms with Crippen LogP contribution in [-0.4, -0.2) is 18.1 Å². The minimum Gasteiger partial charge on any atom is -0.372 e. The molecule has 0 bridgehead atoms. The van der Waals surface area contributed by atoms with Gasteiger partial charge in [-0.1, -0.05) is 25.5 Å². The molecule has 0 aliphatic heterocycles. The van der Waals surface area contributed by atoms with Crippen LogP contribution in [0, 0.1) is 12.5 Å². The van der Waals surface area contributed by atoms with E-state index in [2.05, 4.69) is 40.3 Å². The van der Waals surface area contributed by atoms with Crippen molar-refractivity contribution in [2.24, 2.45) is 5.92 Å². The third-order valence-corrected chi connectivity index (χ3v) is 4.55. The van der Waals surface area contributed by atoms with Crippen molar-refractivity contribution < 1.29 is 0 Å². The van der Waals surface area contributed by atoms with Crippen molar-refractivity contribution in [2.45, 2.75) is 32.1 Å². The van der Waals surface area contributed by atoms with E-state index in [9.17, 15) is 0 Å². The van der Waals surface area contributed by atoms with Crippen molar-refractivity contribution in [1.82, 2.24) is 10.3 Å². The maximum atomic E-state index is 7.25. The van der Waals surface area contributed by atoms with Crippen LogP contribution in [0.3, 0.4) is 0 Å². The van der Waals surface area contributed by atoms with E-state index in [1.807, 2.05) is 6.20 Å². The zero-order valence-electron chi connectivity index (χ0n) is 11.9. The highest BCUT2D eigenvalue weighted by Crippen LogP contribution is 2.41. The van der Waals surface area contributed by atoms with Crippen molar-refractivity contribution in [3.05, 3.63) is 41.4 Å². The Hall–Kier alpha value is -1.79. The fourth-order valence-electron chi connectivity index (χ4n) is 3.50. The van der Waals surface area contributed by atoms with E-state index in [4.69, 9.17) is 6.57 Å². The van der Waals surface area contributed by atoms with Gasteiger partial charge in [-0.25, -0.2) is 4.85 Å². The molecular weight excluding hydrogens is 246 g/mol. The molecule has 20 heavy (non-hydrogen) atoms. The third-order valence-electron chi connectivity index (χ3n) is 4.55. The molecular formula is C17H21N3. The first kappa shape index (κ1) is 13.2. The molecule has 0 radical (unpaired) electrons. The van der Waals surface area contributed by atoms with E-state index in [-0.39, 0.29) is 0 Å². The van der Waals surface area contributed by atoms with E-state index in [0.717, 1.165) is 35.6 Å². The lowest BCUT2D eigenvalue weighted by molar-refractivity contribution is 0.450. The molecule has 2 atom stereocenters. The molecule has 1 aromatic carbocycles. The highest BCUT2D eigenvalue weighted by atomic mass is 14.8. The number of aromatic amines is 1. The first-order valence-corrected chi connectivity index (χ1v) is 7.52. The number of hydrogen-bond acceptors (Lipinski definition) is 1. The van der Waals surface area contributed by atoms with Crippen molar-refractivity contribution in [3.8, 4) is 0 Å². The monoisotopic (exact) mass is 267 g/mol. The van der Waals surface area contributed by atoms with E-state index in [1.54, 1.807) is 0 Å². The summed E-state index contributed by atoms with van der Waals surface area (Å²) in [5.74, 6) is 1.38. The molecule has 3 nitrogen and oxygen atoms in total. The number of H-pyrrole nitrogens is 1. The number of fused-ring (bicyclic) bond motifs is 1. The topological polar surface area (TPSA) is 32.2 Å². The summed E-state index contributed by atoms with van der Waals surface area (Å²) in [6.07, 6.45) is 5.73. The van der Waals surface area contributed by atoms with Crippen molar-refractivity contribution in [1.29, 1.82) is 0 Å². The Morgan fingerprint density at radius 2 is 2.30 bits per heavy atom. The average Bonchev–Trinajstić information content (AvgIpc) is 3.10. The lowest BCUT2D eigenvalue weighted by atomic mass is 9.88. The molecule has 1 fully saturated rings. The summed E-state index contributed by atoms with van der Waals surface area (Å²) in [5, 5.41) is 4.57. The Balaban J connectivity index is 1.91. The second-order valence-electron chi connectivity index (χ2n) is 5.70. The van der Waals surface area contributed by atoms with Crippen LogP contribution in [0.1, 0.15) is 37.7 Å². The molecule has 1 aromatic heterocycles. The predicted octanol–water partition coefficient (Wildman–Crippen LogP) is 4.21. The van der Waals surface area contributed by atoms with Crippen molar-refractivity contribution in [2.75, 3.05) is 13.1 Å². The standard InChI is InChI=1S/C17H21N3/c1-3-19-10-13-5-4-6-14(13)12-7-8-16-15(9-12)17(18-2)11-20-16/h7-9,11,13-14,19-20H,3-6,10H2,1H3. The SMILES string of the molecule is [C-]#[N+]c1c[nH]c2ccc(C3CCCC3CNCC)cc12. The van der Waals surface area contributed by atoms with Gasteiger partial charge in [-0.15, -0.1) is 0 Å². The van der Waals surface area contributed by atoms with Crippen LogP contribution in [0.25, 0.3) is 15.7 Å². The lowest BCUT2D eigenvalue weighted by Crippen LogP contribution is -2.24. The summed E-state index contributed by atoms with van der Waals surface area (Å²) in [4.78, 5) is 6.78. The largest absolute Gasteiger partial charge is 0.372 e. The quantitative estimate of drug-likeness (QED) is 0.799. The summed E-state index contributed by atoms with van der Waals surface area (Å²) in [6, 6.07) is 6.59. The zero-order valence-corrected chi connectivity index (χ0v) is 11.9. The summed E-state index contributed by atoms with van der Waals surface area (Å²) >= 11 is 0. The smallest absolute Gasteiger partial charge is 0.211 e. The molecule has 1 aliphatic rings. The van der Waals surface area contributed by atoms with Crippen LogP contribution in [0.15, 0.2) is 24.4 Å². The van der Waals surface area contributed by atoms with Crippen LogP contribution in [0.2, 0.25) is 0 Å². The number of aromatic nitrogens is 1. The normalized spacial score (nSPS) is 22.2. The van der Waals surface area contributed by atoms with Gasteiger partial charge in [0.05, 0.1) is 6.57 Å². The highest BCUT2D eigenvalue weighted by Gasteiger charge is 2.28. The maximum Gasteiger partial charge on any atom is 0.211 e. The van der Waals surface area contributed by atoms with Gasteiger partial charge in [-0.2, -0.15) is 0 Å². The highest BCUT2D eigenvalue weighted by molar-refractivity contribution is 5.93. The molecule has 1 heterocycles. The Bertz CT molecular complexity index is 635. The molecule has 0 saturated heterocycles. The second-order valence-corrected chi connectivity index (χ2v) is 5.70. The summed E-state index contributed by atoms with van der Waals surface area (Å²) in [5.41, 5.74) is 3.21. The first-order valence-electron chi connectivity index (χ1n) is 7.52. The van der Waals surface area contributed by atoms with Gasteiger partial charge in [-0.05, 0) is 49.4 Å². The molecule has 0 amide bonds. The number of hydrogen-bond donors (Lipinski definition) is 2. The fourth-order valence-corrected chi connectivity index (χ4v) is 3.50. The lowest BCUT2D eigenvalue weighted by Gasteiger charge is -2.20. The first-order chi connectivity index (χ1) is 9.83. The maximum absolute atomic E-state index is 7.25. The minimum atomic E-state index is 0.645. The molecule has 0 spiro atoms. The van der Waals surface area contributed by atoms with E-state index >= 15 is 0 Å². The Kier molecular flexibility index (Phi) is 3.75. The fraction of sp³-hybridized carbons (Fsp3) is 0.471. The van der Waals surface area contributed by atoms with Gasteiger partial charge in [0, 0.05) is 17.1 Å². The molecule has 2 N–H and O–H groups in total. The van der Waals surface area contributed by atoms with Crippen LogP contribution >= 0.6 is 0 Å². The third kappa shape index (κ3) is 2.32. The van der Waals surface area contributed by atoms with E-state index in [0.29, 0.717) is 5.92 Å². The van der Waals surface area contributed by atoms with Gasteiger partial charge in [0.15, 0.2) is 0 Å². The zero-order chi connectivity index (χ0) is 13.9. The van der Waals surface area contributed by atoms with Crippen LogP contribution in [0.4, 0.5) is 5.69 Å². The Labute approximate surface area is 120 Å². The van der Waals surface area contributed by atoms with E-state index < -0.39 is 0 Å². The predicted molar refractivity (Wildman–Crippen MR) is 83.2 cm³/mol.